The molecule has 3 heterocycles. The number of Topliss-reactive ketones (excluding diaryl/α,β-unsaturated/α-hetero) is 1. The van der Waals surface area contributed by atoms with Gasteiger partial charge in [-0.1, -0.05) is 20.8 Å². The fourth-order valence-corrected chi connectivity index (χ4v) is 4.55. The zero-order valence-electron chi connectivity index (χ0n) is 22.6. The number of amidine groups is 1. The second-order valence-corrected chi connectivity index (χ2v) is 10.1. The summed E-state index contributed by atoms with van der Waals surface area (Å²) in [5, 5.41) is 11.3. The fraction of sp³-hybridized carbons (Fsp3) is 0.345. The molecule has 2 aromatic heterocycles. The average Bonchev–Trinajstić information content (AvgIpc) is 3.20. The Morgan fingerprint density at radius 2 is 1.87 bits per heavy atom. The number of aromatic nitrogens is 2. The Morgan fingerprint density at radius 1 is 1.16 bits per heavy atom. The number of methoxy groups -OCH3 is 1. The van der Waals surface area contributed by atoms with Crippen LogP contribution in [0.15, 0.2) is 42.7 Å². The Kier molecular flexibility index (Phi) is 7.48. The van der Waals surface area contributed by atoms with E-state index in [4.69, 9.17) is 14.9 Å². The molecule has 0 atom stereocenters. The van der Waals surface area contributed by atoms with Crippen molar-refractivity contribution in [1.29, 1.82) is 5.41 Å². The largest absolute Gasteiger partial charge is 0.496 e. The number of ketones is 1. The molecule has 1 aliphatic rings. The van der Waals surface area contributed by atoms with Crippen molar-refractivity contribution in [2.75, 3.05) is 27.3 Å². The molecule has 9 heteroatoms. The van der Waals surface area contributed by atoms with E-state index >= 15 is 0 Å². The van der Waals surface area contributed by atoms with Crippen molar-refractivity contribution in [3.63, 3.8) is 0 Å². The minimum atomic E-state index is -0.393. The molecule has 0 spiro atoms. The highest BCUT2D eigenvalue weighted by molar-refractivity contribution is 6.06. The van der Waals surface area contributed by atoms with Gasteiger partial charge in [0, 0.05) is 48.2 Å². The van der Waals surface area contributed by atoms with Crippen molar-refractivity contribution in [3.05, 3.63) is 70.8 Å². The molecule has 4 rings (SSSR count). The normalized spacial score (nSPS) is 12.8. The number of amides is 1. The number of carbonyl (C=O) groups is 2. The highest BCUT2D eigenvalue weighted by Gasteiger charge is 2.32. The predicted molar refractivity (Wildman–Crippen MR) is 145 cm³/mol. The van der Waals surface area contributed by atoms with Crippen LogP contribution in [0.1, 0.15) is 65.4 Å². The van der Waals surface area contributed by atoms with E-state index in [-0.39, 0.29) is 29.3 Å². The Hall–Kier alpha value is -4.27. The van der Waals surface area contributed by atoms with Crippen molar-refractivity contribution < 1.29 is 19.1 Å². The van der Waals surface area contributed by atoms with Crippen LogP contribution >= 0.6 is 0 Å². The third-order valence-corrected chi connectivity index (χ3v) is 6.46. The molecule has 0 fully saturated rings. The van der Waals surface area contributed by atoms with E-state index in [1.54, 1.807) is 30.5 Å². The summed E-state index contributed by atoms with van der Waals surface area (Å²) >= 11 is 0. The first-order chi connectivity index (χ1) is 18.1. The summed E-state index contributed by atoms with van der Waals surface area (Å²) in [7, 11) is 3.15. The van der Waals surface area contributed by atoms with E-state index in [2.05, 4.69) is 36.1 Å². The quantitative estimate of drug-likeness (QED) is 0.431. The number of nitrogens with zero attached hydrogens (tertiary/aromatic N) is 3. The topological polar surface area (TPSA) is 118 Å². The summed E-state index contributed by atoms with van der Waals surface area (Å²) in [6.07, 6.45) is 3.42. The van der Waals surface area contributed by atoms with Gasteiger partial charge in [0.25, 0.3) is 5.91 Å². The van der Waals surface area contributed by atoms with Crippen LogP contribution < -0.4 is 14.8 Å². The molecule has 3 aromatic rings. The zero-order valence-corrected chi connectivity index (χ0v) is 22.6. The lowest BCUT2D eigenvalue weighted by Gasteiger charge is -2.25. The van der Waals surface area contributed by atoms with Gasteiger partial charge in [-0.15, -0.1) is 0 Å². The van der Waals surface area contributed by atoms with E-state index in [1.165, 1.54) is 7.05 Å². The number of nitrogens with one attached hydrogen (secondary N) is 2. The maximum Gasteiger partial charge on any atom is 0.273 e. The fourth-order valence-electron chi connectivity index (χ4n) is 4.55. The lowest BCUT2D eigenvalue weighted by Crippen LogP contribution is -2.31. The monoisotopic (exact) mass is 515 g/mol. The number of hydrogen-bond acceptors (Lipinski definition) is 7. The lowest BCUT2D eigenvalue weighted by molar-refractivity contribution is 0.0949. The molecule has 38 heavy (non-hydrogen) atoms. The van der Waals surface area contributed by atoms with Gasteiger partial charge < -0.3 is 19.7 Å². The van der Waals surface area contributed by atoms with Crippen molar-refractivity contribution >= 4 is 17.5 Å². The molecule has 198 valence electrons. The first-order valence-electron chi connectivity index (χ1n) is 12.5. The van der Waals surface area contributed by atoms with Crippen molar-refractivity contribution in [3.8, 4) is 22.6 Å². The van der Waals surface area contributed by atoms with Crippen LogP contribution in [0.2, 0.25) is 0 Å². The van der Waals surface area contributed by atoms with Gasteiger partial charge in [0.1, 0.15) is 17.3 Å². The number of pyridine rings is 2. The van der Waals surface area contributed by atoms with E-state index in [0.29, 0.717) is 30.2 Å². The molecule has 2 N–H and O–H groups in total. The van der Waals surface area contributed by atoms with E-state index in [9.17, 15) is 9.59 Å². The van der Waals surface area contributed by atoms with Crippen molar-refractivity contribution in [2.45, 2.75) is 39.7 Å². The van der Waals surface area contributed by atoms with Crippen LogP contribution in [-0.4, -0.2) is 59.7 Å². The molecular weight excluding hydrogens is 482 g/mol. The molecule has 9 nitrogen and oxygen atoms in total. The van der Waals surface area contributed by atoms with Gasteiger partial charge in [-0.3, -0.25) is 20.0 Å². The van der Waals surface area contributed by atoms with Crippen LogP contribution in [0.3, 0.4) is 0 Å². The minimum Gasteiger partial charge on any atom is -0.496 e. The summed E-state index contributed by atoms with van der Waals surface area (Å²) in [4.78, 5) is 36.2. The summed E-state index contributed by atoms with van der Waals surface area (Å²) in [5.41, 5.74) is 4.10. The second kappa shape index (κ2) is 10.6. The third-order valence-electron chi connectivity index (χ3n) is 6.46. The van der Waals surface area contributed by atoms with Gasteiger partial charge in [-0.05, 0) is 48.2 Å². The number of ether oxygens (including phenoxy) is 2. The maximum absolute atomic E-state index is 13.6. The second-order valence-electron chi connectivity index (χ2n) is 10.1. The van der Waals surface area contributed by atoms with Crippen molar-refractivity contribution in [1.82, 2.24) is 20.2 Å². The SMILES string of the molecule is CCOc1cc2c(nc1C(=O)NC)C(=N)N(CC(=O)c1cc(-c3ccncc3)c(OC)c(C(C)(C)C)c1)C2. The van der Waals surface area contributed by atoms with Crippen LogP contribution in [0.25, 0.3) is 11.1 Å². The van der Waals surface area contributed by atoms with Gasteiger partial charge in [-0.2, -0.15) is 0 Å². The number of carbonyl (C=O) groups excluding carboxylic acids is 2. The van der Waals surface area contributed by atoms with Gasteiger partial charge in [-0.25, -0.2) is 4.98 Å². The van der Waals surface area contributed by atoms with Crippen LogP contribution in [0.4, 0.5) is 0 Å². The summed E-state index contributed by atoms with van der Waals surface area (Å²) in [5.74, 6) is 0.646. The van der Waals surface area contributed by atoms with Crippen LogP contribution in [0, 0.1) is 5.41 Å². The molecular formula is C29H33N5O4. The maximum atomic E-state index is 13.6. The van der Waals surface area contributed by atoms with Gasteiger partial charge in [0.15, 0.2) is 17.2 Å². The minimum absolute atomic E-state index is 0.0137. The zero-order chi connectivity index (χ0) is 27.6. The standard InChI is InChI=1S/C29H33N5O4/c1-7-38-23-14-19-15-34(27(30)24(19)33-25(23)28(36)31-5)16-22(35)18-12-20(17-8-10-32-11-9-17)26(37-6)21(13-18)29(2,3)4/h8-14,30H,7,15-16H2,1-6H3,(H,31,36). The van der Waals surface area contributed by atoms with Crippen LogP contribution in [0.5, 0.6) is 11.5 Å². The molecule has 0 bridgehead atoms. The van der Waals surface area contributed by atoms with E-state index < -0.39 is 5.91 Å². The van der Waals surface area contributed by atoms with Gasteiger partial charge in [0.2, 0.25) is 0 Å². The Morgan fingerprint density at radius 3 is 2.47 bits per heavy atom. The van der Waals surface area contributed by atoms with Crippen LogP contribution in [-0.2, 0) is 12.0 Å². The number of fused-ring (bicyclic) bond motifs is 1. The van der Waals surface area contributed by atoms with E-state index in [0.717, 1.165) is 28.0 Å². The summed E-state index contributed by atoms with van der Waals surface area (Å²) in [6, 6.07) is 9.23. The molecule has 0 aliphatic carbocycles. The lowest BCUT2D eigenvalue weighted by atomic mass is 9.82. The number of rotatable bonds is 8. The molecule has 1 amide bonds. The highest BCUT2D eigenvalue weighted by Crippen LogP contribution is 2.40. The molecule has 0 radical (unpaired) electrons. The average molecular weight is 516 g/mol. The van der Waals surface area contributed by atoms with Crippen molar-refractivity contribution in [2.24, 2.45) is 0 Å². The molecule has 0 saturated heterocycles. The molecule has 1 aromatic carbocycles. The number of hydrogen-bond donors (Lipinski definition) is 2. The molecule has 0 unspecified atom stereocenters. The predicted octanol–water partition coefficient (Wildman–Crippen LogP) is 4.23. The summed E-state index contributed by atoms with van der Waals surface area (Å²) in [6.45, 7) is 8.74. The van der Waals surface area contributed by atoms with Gasteiger partial charge >= 0.3 is 0 Å². The van der Waals surface area contributed by atoms with Gasteiger partial charge in [0.05, 0.1) is 20.3 Å². The molecule has 1 aliphatic heterocycles. The first kappa shape index (κ1) is 26.8. The number of benzene rings is 1. The molecule has 0 saturated carbocycles. The smallest absolute Gasteiger partial charge is 0.273 e. The third kappa shape index (κ3) is 5.09. The highest BCUT2D eigenvalue weighted by atomic mass is 16.5. The summed E-state index contributed by atoms with van der Waals surface area (Å²) < 4.78 is 11.5. The Balaban J connectivity index is 1.69. The Bertz CT molecular complexity index is 1400. The Labute approximate surface area is 222 Å². The van der Waals surface area contributed by atoms with E-state index in [1.807, 2.05) is 31.2 Å². The first-order valence-corrected chi connectivity index (χ1v) is 12.5.